The van der Waals surface area contributed by atoms with Crippen LogP contribution >= 0.6 is 0 Å². The van der Waals surface area contributed by atoms with Crippen molar-refractivity contribution in [2.75, 3.05) is 0 Å². The Morgan fingerprint density at radius 1 is 1.75 bits per heavy atom. The maximum atomic E-state index is 3.42. The molecule has 0 saturated heterocycles. The lowest BCUT2D eigenvalue weighted by molar-refractivity contribution is 2.63. The summed E-state index contributed by atoms with van der Waals surface area (Å²) >= 11 is 0. The highest BCUT2D eigenvalue weighted by atomic mass is 28.1. The molecule has 0 aromatic rings. The van der Waals surface area contributed by atoms with Crippen LogP contribution in [0.1, 0.15) is 0 Å². The van der Waals surface area contributed by atoms with Gasteiger partial charge in [0.25, 0.3) is 0 Å². The van der Waals surface area contributed by atoms with Crippen molar-refractivity contribution in [3.8, 4) is 0 Å². The van der Waals surface area contributed by atoms with E-state index in [2.05, 4.69) is 6.58 Å². The van der Waals surface area contributed by atoms with E-state index in [0.717, 1.165) is 10.2 Å². The molecular weight excluding hydrogens is 80.2 g/mol. The Labute approximate surface area is 34.4 Å². The molecule has 0 N–H and O–H groups in total. The predicted molar refractivity (Wildman–Crippen MR) is 25.9 cm³/mol. The number of rotatable bonds is 0. The maximum absolute atomic E-state index is 3.42. The van der Waals surface area contributed by atoms with Gasteiger partial charge in [-0.15, -0.1) is 12.3 Å². The average Bonchev–Trinajstić information content (AvgIpc) is 0.918. The quantitative estimate of drug-likeness (QED) is 0.336. The second-order valence-corrected chi connectivity index (χ2v) is 1.22. The van der Waals surface area contributed by atoms with Crippen LogP contribution in [0.4, 0.5) is 0 Å². The third kappa shape index (κ3) is 99.2. The molecule has 0 aliphatic carbocycles. The van der Waals surface area contributed by atoms with Gasteiger partial charge in [-0.05, 0) is 0 Å². The Morgan fingerprint density at radius 2 is 1.75 bits per heavy atom. The van der Waals surface area contributed by atoms with Crippen LogP contribution < -0.4 is 0 Å². The van der Waals surface area contributed by atoms with E-state index in [9.17, 15) is 0 Å². The van der Waals surface area contributed by atoms with Crippen LogP contribution in [0.25, 0.3) is 0 Å². The molecule has 4 radical (unpaired) electrons. The Kier molecular flexibility index (Phi) is 24.2. The zero-order valence-electron chi connectivity index (χ0n) is 2.78. The molecule has 0 aromatic heterocycles. The first-order valence-electron chi connectivity index (χ1n) is 0.986. The van der Waals surface area contributed by atoms with E-state index in [1.54, 1.807) is 0 Å². The first-order chi connectivity index (χ1) is 1.41. The first kappa shape index (κ1) is 8.90. The van der Waals surface area contributed by atoms with Crippen molar-refractivity contribution in [3.63, 3.8) is 0 Å². The van der Waals surface area contributed by atoms with Crippen molar-refractivity contribution in [1.82, 2.24) is 0 Å². The molecule has 0 aliphatic rings. The minimum Gasteiger partial charge on any atom is -0.112 e. The maximum Gasteiger partial charge on any atom is 0.0283 e. The first-order valence-corrected chi connectivity index (χ1v) is 2.14. The molecule has 22 valence electrons. The minimum absolute atomic E-state index is 0. The largest absolute Gasteiger partial charge is 0.112 e. The predicted octanol–water partition coefficient (Wildman–Crippen LogP) is -0.886. The van der Waals surface area contributed by atoms with Gasteiger partial charge in [-0.25, -0.2) is 0 Å². The van der Waals surface area contributed by atoms with Crippen LogP contribution in [0.3, 0.4) is 0 Å². The molecule has 0 heterocycles. The van der Waals surface area contributed by atoms with Crippen molar-refractivity contribution in [3.05, 3.63) is 12.3 Å². The zero-order valence-corrected chi connectivity index (χ0v) is 5.78. The topological polar surface area (TPSA) is 0 Å². The summed E-state index contributed by atoms with van der Waals surface area (Å²) in [6.07, 6.45) is 0. The second-order valence-electron chi connectivity index (χ2n) is 0.408. The van der Waals surface area contributed by atoms with Crippen LogP contribution in [0.5, 0.6) is 0 Å². The summed E-state index contributed by atoms with van der Waals surface area (Å²) in [4.78, 5) is 0. The van der Waals surface area contributed by atoms with Crippen LogP contribution in [-0.4, -0.2) is 21.2 Å². The lowest BCUT2D eigenvalue weighted by atomic mass is 11.3. The van der Waals surface area contributed by atoms with Crippen molar-refractivity contribution in [2.24, 2.45) is 0 Å². The van der Waals surface area contributed by atoms with Crippen molar-refractivity contribution in [2.45, 2.75) is 0 Å². The van der Waals surface area contributed by atoms with E-state index >= 15 is 0 Å². The van der Waals surface area contributed by atoms with Gasteiger partial charge in [0.2, 0.25) is 0 Å². The molecule has 0 fully saturated rings. The molecule has 0 unspecified atom stereocenters. The van der Waals surface area contributed by atoms with Crippen molar-refractivity contribution < 1.29 is 0 Å². The Morgan fingerprint density at radius 3 is 1.75 bits per heavy atom. The lowest BCUT2D eigenvalue weighted by Gasteiger charge is -1.29. The monoisotopic (exact) mass is 86.0 g/mol. The van der Waals surface area contributed by atoms with Crippen molar-refractivity contribution in [1.29, 1.82) is 0 Å². The smallest absolute Gasteiger partial charge is 0.0283 e. The summed E-state index contributed by atoms with van der Waals surface area (Å²) in [5.74, 6) is 0. The molecule has 0 bridgehead atoms. The summed E-state index contributed by atoms with van der Waals surface area (Å²) in [6.45, 7) is 3.42. The number of hydrogen-bond acceptors (Lipinski definition) is 0. The molecular formula is C2H6Si2. The highest BCUT2D eigenvalue weighted by Crippen LogP contribution is 1.24. The molecule has 0 aliphatic heterocycles. The number of hydrogen-bond donors (Lipinski definition) is 0. The summed E-state index contributed by atoms with van der Waals surface area (Å²) < 4.78 is 0. The normalized spacial score (nSPS) is 4.00. The zero-order chi connectivity index (χ0) is 2.71. The summed E-state index contributed by atoms with van der Waals surface area (Å²) in [7, 11) is 1.13. The van der Waals surface area contributed by atoms with E-state index in [1.807, 2.05) is 5.70 Å². The lowest BCUT2D eigenvalue weighted by Crippen LogP contribution is -1.29. The Balaban J connectivity index is 0. The third-order valence-electron chi connectivity index (χ3n) is 0. The van der Waals surface area contributed by atoms with E-state index in [-0.39, 0.29) is 11.0 Å². The molecule has 4 heavy (non-hydrogen) atoms. The summed E-state index contributed by atoms with van der Waals surface area (Å²) in [5, 5.41) is 0. The molecule has 2 heteroatoms. The van der Waals surface area contributed by atoms with Gasteiger partial charge in [-0.2, -0.15) is 0 Å². The molecule has 0 saturated carbocycles. The van der Waals surface area contributed by atoms with E-state index in [0.29, 0.717) is 0 Å². The van der Waals surface area contributed by atoms with Gasteiger partial charge in [0.1, 0.15) is 0 Å². The van der Waals surface area contributed by atoms with Crippen LogP contribution in [0.15, 0.2) is 12.3 Å². The summed E-state index contributed by atoms with van der Waals surface area (Å²) in [6, 6.07) is 0. The molecule has 0 spiro atoms. The fourth-order valence-corrected chi connectivity index (χ4v) is 0. The van der Waals surface area contributed by atoms with Crippen LogP contribution in [-0.2, 0) is 0 Å². The van der Waals surface area contributed by atoms with Gasteiger partial charge in [-0.3, -0.25) is 0 Å². The summed E-state index contributed by atoms with van der Waals surface area (Å²) in [5.41, 5.74) is 1.89. The van der Waals surface area contributed by atoms with Gasteiger partial charge >= 0.3 is 0 Å². The molecule has 0 rings (SSSR count). The van der Waals surface area contributed by atoms with Gasteiger partial charge in [-0.1, -0.05) is 0 Å². The molecule has 0 atom stereocenters. The molecule has 0 aromatic carbocycles. The standard InChI is InChI=1S/C2H6Si.Si/c1-2-3;/h2H,1H2,3H3;. The van der Waals surface area contributed by atoms with Crippen LogP contribution in [0, 0.1) is 0 Å². The van der Waals surface area contributed by atoms with Gasteiger partial charge in [0.15, 0.2) is 0 Å². The third-order valence-corrected chi connectivity index (χ3v) is 0. The van der Waals surface area contributed by atoms with Gasteiger partial charge < -0.3 is 0 Å². The minimum atomic E-state index is 0. The van der Waals surface area contributed by atoms with E-state index in [1.165, 1.54) is 0 Å². The fourth-order valence-electron chi connectivity index (χ4n) is 0. The Hall–Kier alpha value is 0.174. The van der Waals surface area contributed by atoms with E-state index in [4.69, 9.17) is 0 Å². The molecule has 0 nitrogen and oxygen atoms in total. The second kappa shape index (κ2) is 10.9. The average molecular weight is 86.2 g/mol. The fraction of sp³-hybridized carbons (Fsp3) is 0. The van der Waals surface area contributed by atoms with Gasteiger partial charge in [0, 0.05) is 21.2 Å². The highest BCUT2D eigenvalue weighted by Gasteiger charge is 1.16. The van der Waals surface area contributed by atoms with Crippen LogP contribution in [0.2, 0.25) is 0 Å². The van der Waals surface area contributed by atoms with Gasteiger partial charge in [0.05, 0.1) is 0 Å². The Bertz CT molecular complexity index is 11.5. The molecule has 0 amide bonds. The highest BCUT2D eigenvalue weighted by molar-refractivity contribution is 6.16. The van der Waals surface area contributed by atoms with Crippen molar-refractivity contribution >= 4 is 21.2 Å². The SMILES string of the molecule is C=C[SiH3].[Si]. The van der Waals surface area contributed by atoms with E-state index < -0.39 is 0 Å².